The second-order valence-electron chi connectivity index (χ2n) is 2.59. The quantitative estimate of drug-likeness (QED) is 0.271. The molecular formula is C10H16O5. The molecule has 0 aliphatic rings. The lowest BCUT2D eigenvalue weighted by atomic mass is 10.2. The van der Waals surface area contributed by atoms with E-state index in [0.717, 1.165) is 7.11 Å². The minimum Gasteiger partial charge on any atom is -0.463 e. The molecule has 0 bridgehead atoms. The van der Waals surface area contributed by atoms with Crippen molar-refractivity contribution in [3.05, 3.63) is 12.2 Å². The Labute approximate surface area is 89.0 Å². The number of ether oxygens (including phenoxy) is 3. The van der Waals surface area contributed by atoms with Crippen molar-refractivity contribution in [2.45, 2.75) is 20.1 Å². The molecule has 0 saturated carbocycles. The van der Waals surface area contributed by atoms with E-state index in [9.17, 15) is 9.59 Å². The molecule has 0 aliphatic carbocycles. The van der Waals surface area contributed by atoms with Crippen molar-refractivity contribution >= 4 is 11.8 Å². The number of rotatable bonds is 7. The highest BCUT2D eigenvalue weighted by Gasteiger charge is 2.25. The van der Waals surface area contributed by atoms with Gasteiger partial charge in [-0.2, -0.15) is 0 Å². The third-order valence-corrected chi connectivity index (χ3v) is 1.58. The number of esters is 1. The first-order valence-electron chi connectivity index (χ1n) is 4.63. The monoisotopic (exact) mass is 216 g/mol. The minimum atomic E-state index is -0.968. The molecule has 5 heteroatoms. The maximum absolute atomic E-state index is 11.3. The van der Waals surface area contributed by atoms with Crippen LogP contribution in [0.4, 0.5) is 0 Å². The van der Waals surface area contributed by atoms with Crippen LogP contribution in [0.5, 0.6) is 0 Å². The summed E-state index contributed by atoms with van der Waals surface area (Å²) in [6.07, 6.45) is -0.883. The van der Waals surface area contributed by atoms with Gasteiger partial charge in [-0.1, -0.05) is 6.58 Å². The number of ketones is 1. The summed E-state index contributed by atoms with van der Waals surface area (Å²) in [4.78, 5) is 22.3. The summed E-state index contributed by atoms with van der Waals surface area (Å²) < 4.78 is 14.5. The van der Waals surface area contributed by atoms with Gasteiger partial charge in [-0.15, -0.1) is 0 Å². The van der Waals surface area contributed by atoms with E-state index in [2.05, 4.69) is 11.3 Å². The molecule has 86 valence electrons. The molecule has 0 heterocycles. The molecular weight excluding hydrogens is 200 g/mol. The van der Waals surface area contributed by atoms with Crippen LogP contribution in [0.2, 0.25) is 0 Å². The normalized spacial score (nSPS) is 10.1. The standard InChI is InChI=1S/C10H16O5/c1-5-14-10(15-6-2)7(3)8(11)9(12)13-4/h10H,3,5-6H2,1-2,4H3. The number of carbonyl (C=O) groups excluding carboxylic acids is 2. The Kier molecular flexibility index (Phi) is 6.57. The molecule has 0 aromatic heterocycles. The first kappa shape index (κ1) is 13.8. The van der Waals surface area contributed by atoms with Crippen LogP contribution in [0.15, 0.2) is 12.2 Å². The molecule has 0 radical (unpaired) electrons. The Morgan fingerprint density at radius 3 is 2.00 bits per heavy atom. The average Bonchev–Trinajstić information content (AvgIpc) is 2.25. The van der Waals surface area contributed by atoms with E-state index >= 15 is 0 Å². The van der Waals surface area contributed by atoms with Gasteiger partial charge in [0, 0.05) is 13.2 Å². The summed E-state index contributed by atoms with van der Waals surface area (Å²) in [5, 5.41) is 0. The highest BCUT2D eigenvalue weighted by Crippen LogP contribution is 2.08. The highest BCUT2D eigenvalue weighted by molar-refractivity contribution is 6.40. The Hall–Kier alpha value is -1.20. The average molecular weight is 216 g/mol. The number of hydrogen-bond donors (Lipinski definition) is 0. The number of Topliss-reactive ketones (excluding diaryl/α,β-unsaturated/α-hetero) is 1. The van der Waals surface area contributed by atoms with Crippen molar-refractivity contribution in [2.24, 2.45) is 0 Å². The van der Waals surface area contributed by atoms with Crippen molar-refractivity contribution in [1.82, 2.24) is 0 Å². The predicted octanol–water partition coefficient (Wildman–Crippen LogP) is 0.684. The number of methoxy groups -OCH3 is 1. The molecule has 0 aliphatic heterocycles. The minimum absolute atomic E-state index is 0.0504. The Morgan fingerprint density at radius 2 is 1.67 bits per heavy atom. The molecule has 0 saturated heterocycles. The van der Waals surface area contributed by atoms with Gasteiger partial charge in [-0.05, 0) is 13.8 Å². The van der Waals surface area contributed by atoms with Gasteiger partial charge in [0.05, 0.1) is 12.7 Å². The van der Waals surface area contributed by atoms with E-state index < -0.39 is 18.0 Å². The second kappa shape index (κ2) is 7.14. The molecule has 0 rings (SSSR count). The lowest BCUT2D eigenvalue weighted by molar-refractivity contribution is -0.154. The summed E-state index contributed by atoms with van der Waals surface area (Å²) in [6.45, 7) is 7.68. The molecule has 0 N–H and O–H groups in total. The Balaban J connectivity index is 4.48. The van der Waals surface area contributed by atoms with Crippen LogP contribution in [0.25, 0.3) is 0 Å². The van der Waals surface area contributed by atoms with E-state index in [0.29, 0.717) is 13.2 Å². The first-order chi connectivity index (χ1) is 7.08. The van der Waals surface area contributed by atoms with Crippen molar-refractivity contribution in [1.29, 1.82) is 0 Å². The summed E-state index contributed by atoms with van der Waals surface area (Å²) in [5.41, 5.74) is -0.0504. The summed E-state index contributed by atoms with van der Waals surface area (Å²) in [6, 6.07) is 0. The van der Waals surface area contributed by atoms with E-state index in [1.807, 2.05) is 0 Å². The second-order valence-corrected chi connectivity index (χ2v) is 2.59. The molecule has 0 aromatic rings. The fourth-order valence-electron chi connectivity index (χ4n) is 0.883. The molecule has 5 nitrogen and oxygen atoms in total. The predicted molar refractivity (Wildman–Crippen MR) is 53.2 cm³/mol. The number of carbonyl (C=O) groups is 2. The molecule has 0 spiro atoms. The molecule has 0 atom stereocenters. The Morgan fingerprint density at radius 1 is 1.20 bits per heavy atom. The molecule has 0 aromatic carbocycles. The van der Waals surface area contributed by atoms with Gasteiger partial charge in [0.1, 0.15) is 0 Å². The van der Waals surface area contributed by atoms with E-state index in [1.165, 1.54) is 0 Å². The van der Waals surface area contributed by atoms with Crippen LogP contribution in [0.1, 0.15) is 13.8 Å². The van der Waals surface area contributed by atoms with Gasteiger partial charge < -0.3 is 14.2 Å². The Bertz CT molecular complexity index is 240. The maximum Gasteiger partial charge on any atom is 0.379 e. The summed E-state index contributed by atoms with van der Waals surface area (Å²) in [5.74, 6) is -1.80. The zero-order valence-electron chi connectivity index (χ0n) is 9.24. The van der Waals surface area contributed by atoms with Gasteiger partial charge in [-0.3, -0.25) is 4.79 Å². The first-order valence-corrected chi connectivity index (χ1v) is 4.63. The fourth-order valence-corrected chi connectivity index (χ4v) is 0.883. The van der Waals surface area contributed by atoms with Crippen molar-refractivity contribution in [3.8, 4) is 0 Å². The van der Waals surface area contributed by atoms with Crippen molar-refractivity contribution in [2.75, 3.05) is 20.3 Å². The fraction of sp³-hybridized carbons (Fsp3) is 0.600. The van der Waals surface area contributed by atoms with E-state index in [1.54, 1.807) is 13.8 Å². The van der Waals surface area contributed by atoms with Crippen LogP contribution in [-0.4, -0.2) is 38.4 Å². The van der Waals surface area contributed by atoms with Gasteiger partial charge in [0.2, 0.25) is 0 Å². The molecule has 0 unspecified atom stereocenters. The molecule has 15 heavy (non-hydrogen) atoms. The lowest BCUT2D eigenvalue weighted by Gasteiger charge is -2.17. The van der Waals surface area contributed by atoms with Gasteiger partial charge in [-0.25, -0.2) is 4.79 Å². The summed E-state index contributed by atoms with van der Waals surface area (Å²) >= 11 is 0. The van der Waals surface area contributed by atoms with Crippen LogP contribution >= 0.6 is 0 Å². The van der Waals surface area contributed by atoms with Crippen molar-refractivity contribution < 1.29 is 23.8 Å². The zero-order chi connectivity index (χ0) is 11.8. The third kappa shape index (κ3) is 4.22. The number of hydrogen-bond acceptors (Lipinski definition) is 5. The van der Waals surface area contributed by atoms with Crippen molar-refractivity contribution in [3.63, 3.8) is 0 Å². The topological polar surface area (TPSA) is 61.8 Å². The van der Waals surface area contributed by atoms with Crippen LogP contribution in [0.3, 0.4) is 0 Å². The largest absolute Gasteiger partial charge is 0.463 e. The van der Waals surface area contributed by atoms with E-state index in [4.69, 9.17) is 9.47 Å². The smallest absolute Gasteiger partial charge is 0.379 e. The highest BCUT2D eigenvalue weighted by atomic mass is 16.7. The van der Waals surface area contributed by atoms with Gasteiger partial charge in [0.15, 0.2) is 6.29 Å². The lowest BCUT2D eigenvalue weighted by Crippen LogP contribution is -2.29. The van der Waals surface area contributed by atoms with Gasteiger partial charge >= 0.3 is 5.97 Å². The molecule has 0 amide bonds. The van der Waals surface area contributed by atoms with Crippen LogP contribution < -0.4 is 0 Å². The molecule has 0 fully saturated rings. The van der Waals surface area contributed by atoms with E-state index in [-0.39, 0.29) is 5.57 Å². The zero-order valence-corrected chi connectivity index (χ0v) is 9.24. The van der Waals surface area contributed by atoms with Gasteiger partial charge in [0.25, 0.3) is 5.78 Å². The van der Waals surface area contributed by atoms with Crippen LogP contribution in [0, 0.1) is 0 Å². The summed E-state index contributed by atoms with van der Waals surface area (Å²) in [7, 11) is 1.13. The maximum atomic E-state index is 11.3. The van der Waals surface area contributed by atoms with Crippen LogP contribution in [-0.2, 0) is 23.8 Å². The SMILES string of the molecule is C=C(C(=O)C(=O)OC)C(OCC)OCC. The third-order valence-electron chi connectivity index (χ3n) is 1.58.